The van der Waals surface area contributed by atoms with E-state index in [-0.39, 0.29) is 11.7 Å². The molecule has 0 saturated heterocycles. The average molecular weight is 287 g/mol. The molecule has 0 saturated carbocycles. The van der Waals surface area contributed by atoms with Gasteiger partial charge in [-0.25, -0.2) is 4.39 Å². The summed E-state index contributed by atoms with van der Waals surface area (Å²) in [4.78, 5) is 12.1. The average Bonchev–Trinajstić information content (AvgIpc) is 2.53. The molecule has 0 aliphatic carbocycles. The van der Waals surface area contributed by atoms with E-state index in [1.807, 2.05) is 37.3 Å². The molecule has 2 rings (SSSR count). The monoisotopic (exact) mass is 287 g/mol. The SMILES string of the molecule is CC[C@@H](Oc1ccc(F)cc1)C(=O)NCc1ccccc1. The van der Waals surface area contributed by atoms with Crippen molar-refractivity contribution >= 4 is 5.91 Å². The third-order valence-corrected chi connectivity index (χ3v) is 3.06. The summed E-state index contributed by atoms with van der Waals surface area (Å²) in [6.45, 7) is 2.33. The highest BCUT2D eigenvalue weighted by molar-refractivity contribution is 5.81. The van der Waals surface area contributed by atoms with Crippen molar-refractivity contribution in [3.8, 4) is 5.75 Å². The molecule has 1 amide bonds. The number of benzene rings is 2. The lowest BCUT2D eigenvalue weighted by Crippen LogP contribution is -2.37. The van der Waals surface area contributed by atoms with Gasteiger partial charge in [0.05, 0.1) is 0 Å². The molecule has 2 aromatic rings. The fraction of sp³-hybridized carbons (Fsp3) is 0.235. The molecule has 0 aliphatic heterocycles. The van der Waals surface area contributed by atoms with Gasteiger partial charge < -0.3 is 10.1 Å². The number of ether oxygens (including phenoxy) is 1. The zero-order valence-corrected chi connectivity index (χ0v) is 11.9. The van der Waals surface area contributed by atoms with Gasteiger partial charge in [0, 0.05) is 6.54 Å². The largest absolute Gasteiger partial charge is 0.481 e. The van der Waals surface area contributed by atoms with Crippen molar-refractivity contribution in [3.63, 3.8) is 0 Å². The summed E-state index contributed by atoms with van der Waals surface area (Å²) in [7, 11) is 0. The second-order valence-corrected chi connectivity index (χ2v) is 4.67. The lowest BCUT2D eigenvalue weighted by molar-refractivity contribution is -0.128. The predicted octanol–water partition coefficient (Wildman–Crippen LogP) is 3.30. The number of hydrogen-bond donors (Lipinski definition) is 1. The number of carbonyl (C=O) groups excluding carboxylic acids is 1. The molecule has 0 aliphatic rings. The fourth-order valence-corrected chi connectivity index (χ4v) is 1.90. The van der Waals surface area contributed by atoms with E-state index in [9.17, 15) is 9.18 Å². The molecule has 0 radical (unpaired) electrons. The number of halogens is 1. The van der Waals surface area contributed by atoms with E-state index in [1.54, 1.807) is 0 Å². The van der Waals surface area contributed by atoms with Crippen LogP contribution in [0.25, 0.3) is 0 Å². The van der Waals surface area contributed by atoms with Gasteiger partial charge in [0.15, 0.2) is 6.10 Å². The molecule has 0 unspecified atom stereocenters. The van der Waals surface area contributed by atoms with Crippen LogP contribution in [0.2, 0.25) is 0 Å². The highest BCUT2D eigenvalue weighted by Gasteiger charge is 2.17. The summed E-state index contributed by atoms with van der Waals surface area (Å²) in [6.07, 6.45) is -0.0444. The van der Waals surface area contributed by atoms with E-state index >= 15 is 0 Å². The van der Waals surface area contributed by atoms with E-state index in [4.69, 9.17) is 4.74 Å². The van der Waals surface area contributed by atoms with Crippen molar-refractivity contribution in [2.75, 3.05) is 0 Å². The zero-order valence-electron chi connectivity index (χ0n) is 11.9. The van der Waals surface area contributed by atoms with E-state index < -0.39 is 6.10 Å². The molecule has 4 heteroatoms. The molecule has 21 heavy (non-hydrogen) atoms. The first-order valence-corrected chi connectivity index (χ1v) is 6.93. The van der Waals surface area contributed by atoms with Crippen LogP contribution < -0.4 is 10.1 Å². The maximum Gasteiger partial charge on any atom is 0.261 e. The predicted molar refractivity (Wildman–Crippen MR) is 79.4 cm³/mol. The van der Waals surface area contributed by atoms with Crippen molar-refractivity contribution < 1.29 is 13.9 Å². The lowest BCUT2D eigenvalue weighted by atomic mass is 10.2. The van der Waals surface area contributed by atoms with Crippen LogP contribution in [0.5, 0.6) is 5.75 Å². The van der Waals surface area contributed by atoms with Crippen LogP contribution in [0.3, 0.4) is 0 Å². The van der Waals surface area contributed by atoms with E-state index in [0.29, 0.717) is 18.7 Å². The molecule has 0 heterocycles. The molecule has 0 spiro atoms. The minimum absolute atomic E-state index is 0.175. The Bertz CT molecular complexity index is 569. The van der Waals surface area contributed by atoms with Gasteiger partial charge in [0.1, 0.15) is 11.6 Å². The third-order valence-electron chi connectivity index (χ3n) is 3.06. The Labute approximate surface area is 123 Å². The summed E-state index contributed by atoms with van der Waals surface area (Å²) in [5, 5.41) is 2.84. The van der Waals surface area contributed by atoms with Crippen LogP contribution in [0, 0.1) is 5.82 Å². The van der Waals surface area contributed by atoms with Crippen molar-refractivity contribution in [1.82, 2.24) is 5.32 Å². The normalized spacial score (nSPS) is 11.7. The fourth-order valence-electron chi connectivity index (χ4n) is 1.90. The second-order valence-electron chi connectivity index (χ2n) is 4.67. The van der Waals surface area contributed by atoms with Crippen LogP contribution >= 0.6 is 0 Å². The molecule has 1 N–H and O–H groups in total. The molecule has 1 atom stereocenters. The number of amides is 1. The number of carbonyl (C=O) groups is 1. The molecule has 2 aromatic carbocycles. The van der Waals surface area contributed by atoms with Gasteiger partial charge >= 0.3 is 0 Å². The Hall–Kier alpha value is -2.36. The summed E-state index contributed by atoms with van der Waals surface area (Å²) in [6, 6.07) is 15.3. The molecule has 0 fully saturated rings. The number of hydrogen-bond acceptors (Lipinski definition) is 2. The van der Waals surface area contributed by atoms with Gasteiger partial charge in [-0.05, 0) is 36.2 Å². The Morgan fingerprint density at radius 1 is 1.14 bits per heavy atom. The molecular weight excluding hydrogens is 269 g/mol. The zero-order chi connectivity index (χ0) is 15.1. The summed E-state index contributed by atoms with van der Waals surface area (Å²) in [5.74, 6) is -0.0206. The van der Waals surface area contributed by atoms with Gasteiger partial charge in [0.2, 0.25) is 0 Å². The van der Waals surface area contributed by atoms with Gasteiger partial charge in [0.25, 0.3) is 5.91 Å². The van der Waals surface area contributed by atoms with Crippen LogP contribution in [-0.2, 0) is 11.3 Å². The standard InChI is InChI=1S/C17H18FNO2/c1-2-16(21-15-10-8-14(18)9-11-15)17(20)19-12-13-6-4-3-5-7-13/h3-11,16H,2,12H2,1H3,(H,19,20)/t16-/m1/s1. The quantitative estimate of drug-likeness (QED) is 0.885. The first kappa shape index (κ1) is 15.0. The Kier molecular flexibility index (Phi) is 5.32. The smallest absolute Gasteiger partial charge is 0.261 e. The number of nitrogens with one attached hydrogen (secondary N) is 1. The van der Waals surface area contributed by atoms with Gasteiger partial charge in [-0.2, -0.15) is 0 Å². The van der Waals surface area contributed by atoms with Crippen molar-refractivity contribution in [2.45, 2.75) is 26.0 Å². The van der Waals surface area contributed by atoms with Crippen molar-refractivity contribution in [3.05, 3.63) is 66.0 Å². The molecule has 0 aromatic heterocycles. The summed E-state index contributed by atoms with van der Waals surface area (Å²) >= 11 is 0. The van der Waals surface area contributed by atoms with Gasteiger partial charge in [-0.1, -0.05) is 37.3 Å². The maximum absolute atomic E-state index is 12.8. The van der Waals surface area contributed by atoms with E-state index in [0.717, 1.165) is 5.56 Å². The second kappa shape index (κ2) is 7.43. The maximum atomic E-state index is 12.8. The molecule has 0 bridgehead atoms. The molecular formula is C17H18FNO2. The van der Waals surface area contributed by atoms with E-state index in [2.05, 4.69) is 5.32 Å². The molecule has 3 nitrogen and oxygen atoms in total. The van der Waals surface area contributed by atoms with Crippen LogP contribution in [0.15, 0.2) is 54.6 Å². The Balaban J connectivity index is 1.90. The number of rotatable bonds is 6. The van der Waals surface area contributed by atoms with Crippen LogP contribution in [0.4, 0.5) is 4.39 Å². The summed E-state index contributed by atoms with van der Waals surface area (Å²) < 4.78 is 18.4. The van der Waals surface area contributed by atoms with Crippen LogP contribution in [0.1, 0.15) is 18.9 Å². The lowest BCUT2D eigenvalue weighted by Gasteiger charge is -2.17. The highest BCUT2D eigenvalue weighted by Crippen LogP contribution is 2.14. The van der Waals surface area contributed by atoms with Gasteiger partial charge in [-0.3, -0.25) is 4.79 Å². The Morgan fingerprint density at radius 3 is 2.43 bits per heavy atom. The Morgan fingerprint density at radius 2 is 1.81 bits per heavy atom. The van der Waals surface area contributed by atoms with E-state index in [1.165, 1.54) is 24.3 Å². The highest BCUT2D eigenvalue weighted by atomic mass is 19.1. The third kappa shape index (κ3) is 4.60. The van der Waals surface area contributed by atoms with Crippen molar-refractivity contribution in [2.24, 2.45) is 0 Å². The van der Waals surface area contributed by atoms with Crippen molar-refractivity contribution in [1.29, 1.82) is 0 Å². The first-order chi connectivity index (χ1) is 10.2. The molecule has 110 valence electrons. The first-order valence-electron chi connectivity index (χ1n) is 6.93. The van der Waals surface area contributed by atoms with Gasteiger partial charge in [-0.15, -0.1) is 0 Å². The summed E-state index contributed by atoms with van der Waals surface area (Å²) in [5.41, 5.74) is 1.03. The van der Waals surface area contributed by atoms with Crippen LogP contribution in [-0.4, -0.2) is 12.0 Å². The minimum atomic E-state index is -0.584. The topological polar surface area (TPSA) is 38.3 Å². The minimum Gasteiger partial charge on any atom is -0.481 e.